The Balaban J connectivity index is 1.65. The Hall–Kier alpha value is -0.660. The van der Waals surface area contributed by atoms with Crippen molar-refractivity contribution in [3.8, 4) is 0 Å². The normalized spacial score (nSPS) is 21.8. The zero-order valence-electron chi connectivity index (χ0n) is 9.28. The summed E-state index contributed by atoms with van der Waals surface area (Å²) in [4.78, 5) is 4.96. The minimum atomic E-state index is 0.863. The van der Waals surface area contributed by atoms with E-state index in [-0.39, 0.29) is 0 Å². The minimum Gasteiger partial charge on any atom is -0.359 e. The Kier molecular flexibility index (Phi) is 3.33. The van der Waals surface area contributed by atoms with E-state index in [0.717, 1.165) is 12.7 Å². The van der Waals surface area contributed by atoms with Crippen LogP contribution in [0.5, 0.6) is 0 Å². The molecule has 1 heterocycles. The summed E-state index contributed by atoms with van der Waals surface area (Å²) < 4.78 is 0. The van der Waals surface area contributed by atoms with Crippen LogP contribution in [0.25, 0.3) is 0 Å². The first-order chi connectivity index (χ1) is 6.90. The molecule has 2 nitrogen and oxygen atoms in total. The highest BCUT2D eigenvalue weighted by Crippen LogP contribution is 2.27. The van der Waals surface area contributed by atoms with Gasteiger partial charge in [-0.15, -0.1) is 0 Å². The van der Waals surface area contributed by atoms with E-state index >= 15 is 0 Å². The third-order valence-electron chi connectivity index (χ3n) is 3.41. The fourth-order valence-electron chi connectivity index (χ4n) is 2.15. The zero-order valence-corrected chi connectivity index (χ0v) is 9.28. The summed E-state index contributed by atoms with van der Waals surface area (Å²) in [5.74, 6) is 0. The molecule has 2 aliphatic rings. The zero-order chi connectivity index (χ0) is 9.80. The predicted molar refractivity (Wildman–Crippen MR) is 59.7 cm³/mol. The molecule has 0 radical (unpaired) electrons. The molecule has 2 rings (SSSR count). The topological polar surface area (TPSA) is 6.48 Å². The molecule has 80 valence electrons. The molecular formula is C12H22N2. The molecule has 2 heteroatoms. The maximum absolute atomic E-state index is 2.51. The molecule has 0 N–H and O–H groups in total. The minimum absolute atomic E-state index is 0.863. The molecule has 0 spiro atoms. The molecule has 0 unspecified atom stereocenters. The van der Waals surface area contributed by atoms with Crippen molar-refractivity contribution in [2.24, 2.45) is 0 Å². The van der Waals surface area contributed by atoms with Gasteiger partial charge in [0.15, 0.2) is 0 Å². The molecule has 1 saturated carbocycles. The second-order valence-electron chi connectivity index (χ2n) is 4.56. The van der Waals surface area contributed by atoms with Gasteiger partial charge in [0, 0.05) is 25.0 Å². The monoisotopic (exact) mass is 194 g/mol. The molecule has 1 aliphatic carbocycles. The second-order valence-corrected chi connectivity index (χ2v) is 4.56. The second kappa shape index (κ2) is 4.72. The predicted octanol–water partition coefficient (Wildman–Crippen LogP) is 2.78. The molecule has 0 bridgehead atoms. The Bertz CT molecular complexity index is 196. The van der Waals surface area contributed by atoms with Crippen molar-refractivity contribution in [2.75, 3.05) is 13.2 Å². The van der Waals surface area contributed by atoms with Crippen LogP contribution >= 0.6 is 0 Å². The Labute approximate surface area is 87.6 Å². The van der Waals surface area contributed by atoms with Crippen LogP contribution in [0.1, 0.15) is 45.4 Å². The van der Waals surface area contributed by atoms with Crippen LogP contribution in [-0.4, -0.2) is 29.1 Å². The molecule has 0 saturated heterocycles. The van der Waals surface area contributed by atoms with Gasteiger partial charge in [-0.25, -0.2) is 0 Å². The van der Waals surface area contributed by atoms with Gasteiger partial charge in [0.25, 0.3) is 0 Å². The lowest BCUT2D eigenvalue weighted by Crippen LogP contribution is -2.38. The van der Waals surface area contributed by atoms with Crippen molar-refractivity contribution < 1.29 is 0 Å². The molecule has 0 amide bonds. The lowest BCUT2D eigenvalue weighted by Gasteiger charge is -2.35. The summed E-state index contributed by atoms with van der Waals surface area (Å²) in [6.45, 7) is 4.66. The summed E-state index contributed by atoms with van der Waals surface area (Å²) >= 11 is 0. The van der Waals surface area contributed by atoms with Gasteiger partial charge in [0.05, 0.1) is 6.67 Å². The number of rotatable bonds is 5. The van der Waals surface area contributed by atoms with Crippen LogP contribution in [0.3, 0.4) is 0 Å². The number of hydrogen-bond acceptors (Lipinski definition) is 2. The summed E-state index contributed by atoms with van der Waals surface area (Å²) in [6.07, 6.45) is 12.9. The lowest BCUT2D eigenvalue weighted by molar-refractivity contribution is 0.149. The third kappa shape index (κ3) is 2.23. The SMILES string of the molecule is CCCCCN1C=CN(C2CCC2)C1. The van der Waals surface area contributed by atoms with Gasteiger partial charge in [0.2, 0.25) is 0 Å². The largest absolute Gasteiger partial charge is 0.359 e. The highest BCUT2D eigenvalue weighted by Gasteiger charge is 2.25. The molecule has 0 aromatic heterocycles. The molecule has 1 fully saturated rings. The summed E-state index contributed by atoms with van der Waals surface area (Å²) in [5, 5.41) is 0. The van der Waals surface area contributed by atoms with Crippen molar-refractivity contribution in [3.63, 3.8) is 0 Å². The number of nitrogens with zero attached hydrogens (tertiary/aromatic N) is 2. The Morgan fingerprint density at radius 3 is 2.71 bits per heavy atom. The first kappa shape index (κ1) is 9.88. The third-order valence-corrected chi connectivity index (χ3v) is 3.41. The molecule has 0 aromatic rings. The molecule has 0 aromatic carbocycles. The van der Waals surface area contributed by atoms with Crippen LogP contribution in [0.2, 0.25) is 0 Å². The van der Waals surface area contributed by atoms with Gasteiger partial charge >= 0.3 is 0 Å². The fourth-order valence-corrected chi connectivity index (χ4v) is 2.15. The van der Waals surface area contributed by atoms with Gasteiger partial charge in [-0.2, -0.15) is 0 Å². The summed E-state index contributed by atoms with van der Waals surface area (Å²) in [5.41, 5.74) is 0. The summed E-state index contributed by atoms with van der Waals surface area (Å²) in [7, 11) is 0. The van der Waals surface area contributed by atoms with E-state index in [1.165, 1.54) is 45.1 Å². The van der Waals surface area contributed by atoms with E-state index in [1.807, 2.05) is 0 Å². The highest BCUT2D eigenvalue weighted by atomic mass is 15.4. The maximum atomic E-state index is 2.51. The Morgan fingerprint density at radius 2 is 2.07 bits per heavy atom. The standard InChI is InChI=1S/C12H22N2/c1-2-3-4-8-13-9-10-14(11-13)12-6-5-7-12/h9-10,12H,2-8,11H2,1H3. The van der Waals surface area contributed by atoms with E-state index in [1.54, 1.807) is 0 Å². The van der Waals surface area contributed by atoms with Crippen molar-refractivity contribution >= 4 is 0 Å². The number of hydrogen-bond donors (Lipinski definition) is 0. The smallest absolute Gasteiger partial charge is 0.0896 e. The average molecular weight is 194 g/mol. The maximum Gasteiger partial charge on any atom is 0.0896 e. The van der Waals surface area contributed by atoms with Gasteiger partial charge in [-0.1, -0.05) is 19.8 Å². The van der Waals surface area contributed by atoms with Crippen LogP contribution in [0.15, 0.2) is 12.4 Å². The van der Waals surface area contributed by atoms with Gasteiger partial charge in [-0.05, 0) is 25.7 Å². The summed E-state index contributed by atoms with van der Waals surface area (Å²) in [6, 6.07) is 0.863. The van der Waals surface area contributed by atoms with Crippen LogP contribution < -0.4 is 0 Å². The fraction of sp³-hybridized carbons (Fsp3) is 0.833. The first-order valence-electron chi connectivity index (χ1n) is 6.08. The highest BCUT2D eigenvalue weighted by molar-refractivity contribution is 4.96. The van der Waals surface area contributed by atoms with E-state index in [4.69, 9.17) is 0 Å². The van der Waals surface area contributed by atoms with E-state index < -0.39 is 0 Å². The molecule has 0 atom stereocenters. The Morgan fingerprint density at radius 1 is 1.21 bits per heavy atom. The van der Waals surface area contributed by atoms with Gasteiger partial charge in [-0.3, -0.25) is 0 Å². The number of unbranched alkanes of at least 4 members (excludes halogenated alkanes) is 2. The lowest BCUT2D eigenvalue weighted by atomic mass is 9.92. The van der Waals surface area contributed by atoms with Crippen LogP contribution in [-0.2, 0) is 0 Å². The van der Waals surface area contributed by atoms with E-state index in [9.17, 15) is 0 Å². The quantitative estimate of drug-likeness (QED) is 0.621. The average Bonchev–Trinajstić information content (AvgIpc) is 2.51. The van der Waals surface area contributed by atoms with Crippen LogP contribution in [0, 0.1) is 0 Å². The van der Waals surface area contributed by atoms with Gasteiger partial charge < -0.3 is 9.80 Å². The van der Waals surface area contributed by atoms with Crippen molar-refractivity contribution in [1.29, 1.82) is 0 Å². The molecular weight excluding hydrogens is 172 g/mol. The van der Waals surface area contributed by atoms with Crippen molar-refractivity contribution in [2.45, 2.75) is 51.5 Å². The van der Waals surface area contributed by atoms with Crippen LogP contribution in [0.4, 0.5) is 0 Å². The van der Waals surface area contributed by atoms with Gasteiger partial charge in [0.1, 0.15) is 0 Å². The van der Waals surface area contributed by atoms with E-state index in [0.29, 0.717) is 0 Å². The first-order valence-corrected chi connectivity index (χ1v) is 6.08. The van der Waals surface area contributed by atoms with Crippen molar-refractivity contribution in [3.05, 3.63) is 12.4 Å². The molecule has 14 heavy (non-hydrogen) atoms. The molecule has 1 aliphatic heterocycles. The van der Waals surface area contributed by atoms with E-state index in [2.05, 4.69) is 29.1 Å². The van der Waals surface area contributed by atoms with Crippen molar-refractivity contribution in [1.82, 2.24) is 9.80 Å².